The number of hydrazone groups is 1. The quantitative estimate of drug-likeness (QED) is 0.946. The third-order valence-corrected chi connectivity index (χ3v) is 4.59. The number of nitrogens with zero attached hydrogens (tertiary/aromatic N) is 2. The smallest absolute Gasteiger partial charge is 0.247 e. The summed E-state index contributed by atoms with van der Waals surface area (Å²) in [5.74, 6) is 0.134. The van der Waals surface area contributed by atoms with Crippen LogP contribution in [0.1, 0.15) is 23.6 Å². The largest absolute Gasteiger partial charge is 0.508 e. The molecule has 22 heavy (non-hydrogen) atoms. The molecule has 1 N–H and O–H groups in total. The molecule has 0 amide bonds. The number of hydrogen-bond acceptors (Lipinski definition) is 4. The Morgan fingerprint density at radius 1 is 1.14 bits per heavy atom. The van der Waals surface area contributed by atoms with E-state index >= 15 is 0 Å². The van der Waals surface area contributed by atoms with Crippen molar-refractivity contribution in [1.29, 1.82) is 0 Å². The predicted octanol–water partition coefficient (Wildman–Crippen LogP) is 2.50. The fraction of sp³-hybridized carbons (Fsp3) is 0.188. The lowest BCUT2D eigenvalue weighted by Gasteiger charge is -2.21. The van der Waals surface area contributed by atoms with Crippen molar-refractivity contribution in [2.45, 2.75) is 12.5 Å². The summed E-state index contributed by atoms with van der Waals surface area (Å²) in [6.07, 6.45) is 1.62. The number of phenols is 1. The first-order valence-corrected chi connectivity index (χ1v) is 8.71. The highest BCUT2D eigenvalue weighted by molar-refractivity contribution is 7.88. The van der Waals surface area contributed by atoms with Gasteiger partial charge in [0.1, 0.15) is 5.75 Å². The number of phenolic OH excluding ortho intramolecular Hbond substituents is 1. The summed E-state index contributed by atoms with van der Waals surface area (Å²) in [5, 5.41) is 13.9. The zero-order valence-electron chi connectivity index (χ0n) is 12.0. The maximum atomic E-state index is 12.0. The van der Waals surface area contributed by atoms with Gasteiger partial charge >= 0.3 is 0 Å². The topological polar surface area (TPSA) is 70.0 Å². The summed E-state index contributed by atoms with van der Waals surface area (Å²) < 4.78 is 25.2. The Hall–Kier alpha value is -2.34. The van der Waals surface area contributed by atoms with Crippen molar-refractivity contribution in [3.8, 4) is 5.75 Å². The fourth-order valence-electron chi connectivity index (χ4n) is 2.58. The summed E-state index contributed by atoms with van der Waals surface area (Å²) in [6, 6.07) is 15.8. The molecule has 0 spiro atoms. The van der Waals surface area contributed by atoms with Gasteiger partial charge in [-0.1, -0.05) is 42.5 Å². The van der Waals surface area contributed by atoms with E-state index in [0.29, 0.717) is 12.1 Å². The highest BCUT2D eigenvalue weighted by Crippen LogP contribution is 2.34. The second kappa shape index (κ2) is 5.46. The molecule has 0 saturated heterocycles. The minimum atomic E-state index is -3.47. The van der Waals surface area contributed by atoms with Gasteiger partial charge in [0.05, 0.1) is 18.0 Å². The lowest BCUT2D eigenvalue weighted by molar-refractivity contribution is 0.375. The van der Waals surface area contributed by atoms with Crippen molar-refractivity contribution in [2.75, 3.05) is 6.26 Å². The average Bonchev–Trinajstić information content (AvgIpc) is 2.93. The maximum Gasteiger partial charge on any atom is 0.247 e. The Morgan fingerprint density at radius 2 is 1.86 bits per heavy atom. The molecule has 0 aliphatic carbocycles. The van der Waals surface area contributed by atoms with Crippen molar-refractivity contribution in [1.82, 2.24) is 4.41 Å². The van der Waals surface area contributed by atoms with Gasteiger partial charge in [-0.2, -0.15) is 9.52 Å². The molecule has 0 aromatic heterocycles. The molecule has 0 bridgehead atoms. The van der Waals surface area contributed by atoms with Crippen molar-refractivity contribution in [3.05, 3.63) is 65.7 Å². The number of sulfonamides is 1. The highest BCUT2D eigenvalue weighted by Gasteiger charge is 2.34. The Bertz CT molecular complexity index is 816. The van der Waals surface area contributed by atoms with E-state index in [0.717, 1.165) is 21.8 Å². The van der Waals surface area contributed by atoms with Crippen molar-refractivity contribution in [3.63, 3.8) is 0 Å². The van der Waals surface area contributed by atoms with Crippen LogP contribution in [0.3, 0.4) is 0 Å². The minimum absolute atomic E-state index is 0.134. The molecular formula is C16H16N2O3S. The molecule has 2 aromatic rings. The van der Waals surface area contributed by atoms with Gasteiger partial charge in [-0.25, -0.2) is 8.42 Å². The van der Waals surface area contributed by atoms with Crippen LogP contribution in [-0.2, 0) is 10.0 Å². The molecule has 2 aromatic carbocycles. The van der Waals surface area contributed by atoms with Gasteiger partial charge in [-0.15, -0.1) is 0 Å². The number of aromatic hydroxyl groups is 1. The summed E-state index contributed by atoms with van der Waals surface area (Å²) in [7, 11) is -3.47. The lowest BCUT2D eigenvalue weighted by Crippen LogP contribution is -2.25. The first-order chi connectivity index (χ1) is 10.4. The zero-order chi connectivity index (χ0) is 15.7. The Balaban J connectivity index is 2.02. The number of hydrogen-bond donors (Lipinski definition) is 1. The summed E-state index contributed by atoms with van der Waals surface area (Å²) in [6.45, 7) is 0. The normalized spacial score (nSPS) is 18.3. The molecule has 3 rings (SSSR count). The molecule has 1 aliphatic rings. The highest BCUT2D eigenvalue weighted by atomic mass is 32.2. The fourth-order valence-corrected chi connectivity index (χ4v) is 3.48. The van der Waals surface area contributed by atoms with E-state index in [2.05, 4.69) is 5.10 Å². The second-order valence-electron chi connectivity index (χ2n) is 5.26. The number of benzene rings is 2. The van der Waals surface area contributed by atoms with Crippen LogP contribution in [0.15, 0.2) is 59.7 Å². The van der Waals surface area contributed by atoms with Crippen LogP contribution in [0.5, 0.6) is 5.75 Å². The predicted molar refractivity (Wildman–Crippen MR) is 85.1 cm³/mol. The van der Waals surface area contributed by atoms with E-state index in [1.54, 1.807) is 18.2 Å². The summed E-state index contributed by atoms with van der Waals surface area (Å²) in [5.41, 5.74) is 2.27. The van der Waals surface area contributed by atoms with E-state index in [9.17, 15) is 13.5 Å². The van der Waals surface area contributed by atoms with Crippen LogP contribution in [0.25, 0.3) is 0 Å². The third-order valence-electron chi connectivity index (χ3n) is 3.58. The molecule has 1 aliphatic heterocycles. The third kappa shape index (κ3) is 2.82. The van der Waals surface area contributed by atoms with Crippen LogP contribution in [0.4, 0.5) is 0 Å². The van der Waals surface area contributed by atoms with Crippen LogP contribution < -0.4 is 0 Å². The first-order valence-electron chi connectivity index (χ1n) is 6.86. The molecule has 5 nitrogen and oxygen atoms in total. The Morgan fingerprint density at radius 3 is 2.50 bits per heavy atom. The summed E-state index contributed by atoms with van der Waals surface area (Å²) >= 11 is 0. The van der Waals surface area contributed by atoms with E-state index in [1.807, 2.05) is 36.4 Å². The van der Waals surface area contributed by atoms with Gasteiger partial charge in [0.25, 0.3) is 0 Å². The molecule has 0 unspecified atom stereocenters. The SMILES string of the molecule is CS(=O)(=O)N1N=C(c2cccc(O)c2)C[C@@H]1c1ccccc1. The second-order valence-corrected chi connectivity index (χ2v) is 7.10. The summed E-state index contributed by atoms with van der Waals surface area (Å²) in [4.78, 5) is 0. The van der Waals surface area contributed by atoms with E-state index < -0.39 is 10.0 Å². The van der Waals surface area contributed by atoms with Gasteiger partial charge in [0.15, 0.2) is 0 Å². The standard InChI is InChI=1S/C16H16N2O3S/c1-22(20,21)18-16(12-6-3-2-4-7-12)11-15(17-18)13-8-5-9-14(19)10-13/h2-10,16,19H,11H2,1H3/t16-/m1/s1. The maximum absolute atomic E-state index is 12.0. The van der Waals surface area contributed by atoms with Crippen LogP contribution in [-0.4, -0.2) is 29.9 Å². The minimum Gasteiger partial charge on any atom is -0.508 e. The zero-order valence-corrected chi connectivity index (χ0v) is 12.9. The van der Waals surface area contributed by atoms with Crippen LogP contribution in [0, 0.1) is 0 Å². The van der Waals surface area contributed by atoms with Crippen molar-refractivity contribution in [2.24, 2.45) is 5.10 Å². The van der Waals surface area contributed by atoms with E-state index in [-0.39, 0.29) is 11.8 Å². The molecular weight excluding hydrogens is 300 g/mol. The lowest BCUT2D eigenvalue weighted by atomic mass is 9.99. The van der Waals surface area contributed by atoms with Crippen molar-refractivity contribution >= 4 is 15.7 Å². The van der Waals surface area contributed by atoms with Gasteiger partial charge in [0, 0.05) is 12.0 Å². The Kier molecular flexibility index (Phi) is 3.62. The molecule has 1 heterocycles. The molecule has 114 valence electrons. The first kappa shape index (κ1) is 14.6. The molecule has 0 radical (unpaired) electrons. The van der Waals surface area contributed by atoms with Gasteiger partial charge in [-0.05, 0) is 17.7 Å². The molecule has 6 heteroatoms. The van der Waals surface area contributed by atoms with E-state index in [4.69, 9.17) is 0 Å². The number of rotatable bonds is 3. The molecule has 0 saturated carbocycles. The van der Waals surface area contributed by atoms with Gasteiger partial charge in [-0.3, -0.25) is 0 Å². The molecule has 1 atom stereocenters. The van der Waals surface area contributed by atoms with Crippen molar-refractivity contribution < 1.29 is 13.5 Å². The van der Waals surface area contributed by atoms with Gasteiger partial charge in [0.2, 0.25) is 10.0 Å². The Labute approximate surface area is 129 Å². The monoisotopic (exact) mass is 316 g/mol. The van der Waals surface area contributed by atoms with E-state index in [1.165, 1.54) is 0 Å². The molecule has 0 fully saturated rings. The van der Waals surface area contributed by atoms with Gasteiger partial charge < -0.3 is 5.11 Å². The average molecular weight is 316 g/mol. The van der Waals surface area contributed by atoms with Crippen LogP contribution in [0.2, 0.25) is 0 Å². The van der Waals surface area contributed by atoms with Crippen LogP contribution >= 0.6 is 0 Å².